The van der Waals surface area contributed by atoms with Crippen molar-refractivity contribution in [1.82, 2.24) is 10.5 Å². The maximum absolute atomic E-state index is 11.1. The minimum Gasteiger partial charge on any atom is -0.493 e. The van der Waals surface area contributed by atoms with E-state index in [-0.39, 0.29) is 6.61 Å². The van der Waals surface area contributed by atoms with Crippen LogP contribution in [-0.4, -0.2) is 29.8 Å². The number of carbonyl (C=O) groups excluding carboxylic acids is 1. The van der Waals surface area contributed by atoms with Gasteiger partial charge in [-0.2, -0.15) is 0 Å². The van der Waals surface area contributed by atoms with Gasteiger partial charge in [0, 0.05) is 11.4 Å². The maximum Gasteiger partial charge on any atom is 0.281 e. The molecule has 1 aromatic carbocycles. The second-order valence-corrected chi connectivity index (χ2v) is 5.31. The largest absolute Gasteiger partial charge is 0.493 e. The van der Waals surface area contributed by atoms with E-state index < -0.39 is 5.91 Å². The summed E-state index contributed by atoms with van der Waals surface area (Å²) in [5.41, 5.74) is 5.95. The monoisotopic (exact) mass is 328 g/mol. The normalized spacial score (nSPS) is 10.2. The number of hydrogen-bond donors (Lipinski definition) is 2. The van der Waals surface area contributed by atoms with E-state index >= 15 is 0 Å². The summed E-state index contributed by atoms with van der Waals surface area (Å²) in [5.74, 6) is 0.225. The van der Waals surface area contributed by atoms with Crippen molar-refractivity contribution in [2.24, 2.45) is 0 Å². The first-order valence-corrected chi connectivity index (χ1v) is 7.33. The Hall–Kier alpha value is -2.86. The summed E-state index contributed by atoms with van der Waals surface area (Å²) in [6.07, 6.45) is 0. The number of methoxy groups -OCH3 is 1. The summed E-state index contributed by atoms with van der Waals surface area (Å²) in [5, 5.41) is 8.55. The number of ether oxygens (including phenoxy) is 2. The standard InChI is InChI=1S/C18H20N2O4/c1-11-7-15(8-12(2)19-11)13(3)14-5-6-16(23-4)17(9-14)24-10-18(21)20-22/h5-9,22H,3,10H2,1-2,4H3,(H,20,21). The van der Waals surface area contributed by atoms with Crippen LogP contribution < -0.4 is 15.0 Å². The maximum atomic E-state index is 11.1. The van der Waals surface area contributed by atoms with Crippen LogP contribution in [0, 0.1) is 13.8 Å². The van der Waals surface area contributed by atoms with Gasteiger partial charge < -0.3 is 9.47 Å². The molecule has 0 atom stereocenters. The Morgan fingerprint density at radius 1 is 1.17 bits per heavy atom. The molecule has 0 radical (unpaired) electrons. The molecule has 0 saturated carbocycles. The third-order valence-electron chi connectivity index (χ3n) is 3.43. The van der Waals surface area contributed by atoms with Crippen molar-refractivity contribution in [3.8, 4) is 11.5 Å². The zero-order valence-electron chi connectivity index (χ0n) is 13.9. The number of nitrogens with one attached hydrogen (secondary N) is 1. The Morgan fingerprint density at radius 2 is 1.83 bits per heavy atom. The van der Waals surface area contributed by atoms with Crippen molar-refractivity contribution in [3.05, 3.63) is 59.4 Å². The Kier molecular flexibility index (Phi) is 5.55. The highest BCUT2D eigenvalue weighted by Crippen LogP contribution is 2.32. The predicted molar refractivity (Wildman–Crippen MR) is 90.3 cm³/mol. The Morgan fingerprint density at radius 3 is 2.42 bits per heavy atom. The molecule has 6 nitrogen and oxygen atoms in total. The zero-order chi connectivity index (χ0) is 17.7. The van der Waals surface area contributed by atoms with Crippen LogP contribution in [0.1, 0.15) is 22.5 Å². The van der Waals surface area contributed by atoms with Gasteiger partial charge in [-0.1, -0.05) is 12.6 Å². The first kappa shape index (κ1) is 17.5. The molecule has 0 aliphatic heterocycles. The molecule has 0 bridgehead atoms. The van der Waals surface area contributed by atoms with Gasteiger partial charge in [-0.05, 0) is 54.8 Å². The Labute approximate surface area is 140 Å². The molecule has 1 amide bonds. The number of amides is 1. The van der Waals surface area contributed by atoms with E-state index in [1.807, 2.05) is 32.0 Å². The lowest BCUT2D eigenvalue weighted by Gasteiger charge is -2.13. The van der Waals surface area contributed by atoms with E-state index in [0.717, 1.165) is 28.1 Å². The van der Waals surface area contributed by atoms with Gasteiger partial charge in [0.15, 0.2) is 18.1 Å². The third kappa shape index (κ3) is 4.11. The van der Waals surface area contributed by atoms with Crippen molar-refractivity contribution in [1.29, 1.82) is 0 Å². The van der Waals surface area contributed by atoms with Gasteiger partial charge in [0.1, 0.15) is 0 Å². The second-order valence-electron chi connectivity index (χ2n) is 5.31. The molecule has 24 heavy (non-hydrogen) atoms. The average molecular weight is 328 g/mol. The van der Waals surface area contributed by atoms with Gasteiger partial charge in [-0.25, -0.2) is 5.48 Å². The first-order valence-electron chi connectivity index (χ1n) is 7.33. The number of nitrogens with zero attached hydrogens (tertiary/aromatic N) is 1. The van der Waals surface area contributed by atoms with Crippen LogP contribution in [0.3, 0.4) is 0 Å². The van der Waals surface area contributed by atoms with Gasteiger partial charge in [0.25, 0.3) is 5.91 Å². The van der Waals surface area contributed by atoms with Crippen LogP contribution in [-0.2, 0) is 4.79 Å². The summed E-state index contributed by atoms with van der Waals surface area (Å²) in [4.78, 5) is 15.5. The van der Waals surface area contributed by atoms with Crippen molar-refractivity contribution < 1.29 is 19.5 Å². The molecule has 0 fully saturated rings. The number of hydroxylamine groups is 1. The molecule has 1 heterocycles. The molecule has 1 aromatic heterocycles. The smallest absolute Gasteiger partial charge is 0.281 e. The average Bonchev–Trinajstić information content (AvgIpc) is 2.57. The molecule has 0 spiro atoms. The highest BCUT2D eigenvalue weighted by Gasteiger charge is 2.11. The first-order chi connectivity index (χ1) is 11.4. The molecule has 0 saturated heterocycles. The topological polar surface area (TPSA) is 80.7 Å². The van der Waals surface area contributed by atoms with Crippen LogP contribution in [0.4, 0.5) is 0 Å². The highest BCUT2D eigenvalue weighted by molar-refractivity contribution is 5.80. The zero-order valence-corrected chi connectivity index (χ0v) is 13.9. The van der Waals surface area contributed by atoms with Gasteiger partial charge in [0.05, 0.1) is 7.11 Å². The van der Waals surface area contributed by atoms with Crippen LogP contribution >= 0.6 is 0 Å². The number of aromatic nitrogens is 1. The van der Waals surface area contributed by atoms with E-state index in [1.54, 1.807) is 12.1 Å². The highest BCUT2D eigenvalue weighted by atomic mass is 16.5. The summed E-state index contributed by atoms with van der Waals surface area (Å²) in [6, 6.07) is 9.27. The van der Waals surface area contributed by atoms with E-state index in [4.69, 9.17) is 14.7 Å². The van der Waals surface area contributed by atoms with Crippen LogP contribution in [0.5, 0.6) is 11.5 Å². The fourth-order valence-electron chi connectivity index (χ4n) is 2.33. The van der Waals surface area contributed by atoms with Gasteiger partial charge in [0.2, 0.25) is 0 Å². The van der Waals surface area contributed by atoms with Crippen molar-refractivity contribution in [2.45, 2.75) is 13.8 Å². The molecule has 2 rings (SSSR count). The van der Waals surface area contributed by atoms with Crippen molar-refractivity contribution in [3.63, 3.8) is 0 Å². The van der Waals surface area contributed by atoms with Gasteiger partial charge >= 0.3 is 0 Å². The number of aryl methyl sites for hydroxylation is 2. The Bertz CT molecular complexity index is 751. The summed E-state index contributed by atoms with van der Waals surface area (Å²) in [6.45, 7) is 7.68. The SMILES string of the molecule is C=C(c1cc(C)nc(C)c1)c1ccc(OC)c(OCC(=O)NO)c1. The molecule has 0 aliphatic carbocycles. The van der Waals surface area contributed by atoms with Crippen LogP contribution in [0.25, 0.3) is 5.57 Å². The Balaban J connectivity index is 2.32. The molecular weight excluding hydrogens is 308 g/mol. The quantitative estimate of drug-likeness (QED) is 0.629. The molecule has 6 heteroatoms. The molecule has 0 unspecified atom stereocenters. The lowest BCUT2D eigenvalue weighted by molar-refractivity contribution is -0.131. The number of hydrogen-bond acceptors (Lipinski definition) is 5. The van der Waals surface area contributed by atoms with Crippen molar-refractivity contribution in [2.75, 3.05) is 13.7 Å². The fourth-order valence-corrected chi connectivity index (χ4v) is 2.33. The lowest BCUT2D eigenvalue weighted by Crippen LogP contribution is -2.25. The number of pyridine rings is 1. The van der Waals surface area contributed by atoms with Gasteiger partial charge in [-0.3, -0.25) is 15.0 Å². The van der Waals surface area contributed by atoms with Gasteiger partial charge in [-0.15, -0.1) is 0 Å². The number of benzene rings is 1. The fraction of sp³-hybridized carbons (Fsp3) is 0.222. The number of carbonyl (C=O) groups is 1. The molecule has 2 aromatic rings. The van der Waals surface area contributed by atoms with E-state index in [2.05, 4.69) is 11.6 Å². The second kappa shape index (κ2) is 7.61. The molecule has 2 N–H and O–H groups in total. The summed E-state index contributed by atoms with van der Waals surface area (Å²) < 4.78 is 10.6. The summed E-state index contributed by atoms with van der Waals surface area (Å²) in [7, 11) is 1.51. The van der Waals surface area contributed by atoms with Crippen LogP contribution in [0.2, 0.25) is 0 Å². The minimum absolute atomic E-state index is 0.323. The van der Waals surface area contributed by atoms with Crippen molar-refractivity contribution >= 4 is 11.5 Å². The van der Waals surface area contributed by atoms with Crippen LogP contribution in [0.15, 0.2) is 36.9 Å². The minimum atomic E-state index is -0.651. The molecule has 0 aliphatic rings. The predicted octanol–water partition coefficient (Wildman–Crippen LogP) is 2.65. The van der Waals surface area contributed by atoms with E-state index in [9.17, 15) is 4.79 Å². The molecule has 126 valence electrons. The summed E-state index contributed by atoms with van der Waals surface area (Å²) >= 11 is 0. The lowest BCUT2D eigenvalue weighted by atomic mass is 9.98. The van der Waals surface area contributed by atoms with E-state index in [1.165, 1.54) is 12.6 Å². The molecular formula is C18H20N2O4. The third-order valence-corrected chi connectivity index (χ3v) is 3.43. The number of rotatable bonds is 6. The van der Waals surface area contributed by atoms with E-state index in [0.29, 0.717) is 11.5 Å².